The van der Waals surface area contributed by atoms with Gasteiger partial charge in [-0.1, -0.05) is 0 Å². The third-order valence-corrected chi connectivity index (χ3v) is 12.6. The number of allylic oxidation sites excluding steroid dienone is 2. The number of carbonyl (C=O) groups excluding carboxylic acids is 2. The molecule has 0 heterocycles. The van der Waals surface area contributed by atoms with Crippen LogP contribution in [-0.2, 0) is 34.5 Å². The Morgan fingerprint density at radius 3 is 2.00 bits per heavy atom. The van der Waals surface area contributed by atoms with Crippen molar-refractivity contribution in [1.82, 2.24) is 3.08 Å². The first-order valence-electron chi connectivity index (χ1n) is 6.38. The summed E-state index contributed by atoms with van der Waals surface area (Å²) < 4.78 is 1.80. The van der Waals surface area contributed by atoms with Crippen molar-refractivity contribution in [1.29, 1.82) is 0 Å². The van der Waals surface area contributed by atoms with E-state index in [-0.39, 0.29) is 10.1 Å². The molecule has 2 aliphatic rings. The van der Waals surface area contributed by atoms with Gasteiger partial charge in [0.2, 0.25) is 0 Å². The number of nitrogens with one attached hydrogen (secondary N) is 1. The minimum absolute atomic E-state index is 0.123. The fraction of sp³-hybridized carbons (Fsp3) is 0.636. The molecular weight excluding hydrogens is 605 g/mol. The molecule has 4 unspecified atom stereocenters. The maximum absolute atomic E-state index is 12.5. The van der Waals surface area contributed by atoms with Crippen LogP contribution >= 0.6 is 69.6 Å². The number of halogens is 6. The van der Waals surface area contributed by atoms with E-state index in [0.717, 1.165) is 3.93 Å². The van der Waals surface area contributed by atoms with Crippen LogP contribution in [-0.4, -0.2) is 25.9 Å². The van der Waals surface area contributed by atoms with E-state index < -0.39 is 62.6 Å². The third kappa shape index (κ3) is 2.20. The van der Waals surface area contributed by atoms with Crippen LogP contribution in [0.25, 0.3) is 0 Å². The van der Waals surface area contributed by atoms with Crippen molar-refractivity contribution >= 4 is 81.4 Å². The van der Waals surface area contributed by atoms with Crippen molar-refractivity contribution in [2.45, 2.75) is 24.9 Å². The Hall–Kier alpha value is 1.36. The molecule has 3 N–H and O–H groups in total. The number of alkyl halides is 4. The quantitative estimate of drug-likeness (QED) is 0.377. The SMILES string of the molecule is C[CH2][Hg][NH]C(=O)C1C(C(N)=O)C2(Cl)C(Cl)=C(Cl)C1(Cl)C2(Cl)Cl. The summed E-state index contributed by atoms with van der Waals surface area (Å²) in [5.74, 6) is -3.76. The Kier molecular flexibility index (Phi) is 5.60. The van der Waals surface area contributed by atoms with E-state index in [2.05, 4.69) is 3.08 Å². The van der Waals surface area contributed by atoms with Gasteiger partial charge >= 0.3 is 172 Å². The summed E-state index contributed by atoms with van der Waals surface area (Å²) in [7, 11) is 0. The normalized spacial score (nSPS) is 38.9. The zero-order chi connectivity index (χ0) is 17.1. The van der Waals surface area contributed by atoms with E-state index in [1.54, 1.807) is 0 Å². The van der Waals surface area contributed by atoms with Gasteiger partial charge < -0.3 is 0 Å². The van der Waals surface area contributed by atoms with Crippen molar-refractivity contribution in [3.63, 3.8) is 0 Å². The van der Waals surface area contributed by atoms with Gasteiger partial charge in [0, 0.05) is 0 Å². The molecule has 120 valence electrons. The van der Waals surface area contributed by atoms with E-state index in [0.29, 0.717) is 0 Å². The Morgan fingerprint density at radius 2 is 1.59 bits per heavy atom. The van der Waals surface area contributed by atoms with Crippen molar-refractivity contribution in [2.24, 2.45) is 17.6 Å². The van der Waals surface area contributed by atoms with Gasteiger partial charge in [0.1, 0.15) is 0 Å². The van der Waals surface area contributed by atoms with E-state index in [9.17, 15) is 9.59 Å². The number of nitrogens with two attached hydrogens (primary N) is 1. The molecule has 2 amide bonds. The average molecular weight is 616 g/mol. The van der Waals surface area contributed by atoms with Gasteiger partial charge in [-0.3, -0.25) is 0 Å². The zero-order valence-corrected chi connectivity index (χ0v) is 21.3. The van der Waals surface area contributed by atoms with Crippen molar-refractivity contribution in [3.8, 4) is 0 Å². The first-order chi connectivity index (χ1) is 9.99. The minimum atomic E-state index is -1.96. The molecule has 0 spiro atoms. The van der Waals surface area contributed by atoms with Gasteiger partial charge in [0.25, 0.3) is 0 Å². The number of primary amides is 1. The number of carbonyl (C=O) groups is 2. The van der Waals surface area contributed by atoms with Crippen LogP contribution in [0.4, 0.5) is 0 Å². The van der Waals surface area contributed by atoms with Gasteiger partial charge in [-0.15, -0.1) is 0 Å². The van der Waals surface area contributed by atoms with Gasteiger partial charge in [-0.2, -0.15) is 0 Å². The molecule has 0 aromatic rings. The molecule has 4 nitrogen and oxygen atoms in total. The Labute approximate surface area is 170 Å². The summed E-state index contributed by atoms with van der Waals surface area (Å²) in [6, 6.07) is 0. The number of fused-ring (bicyclic) bond motifs is 2. The van der Waals surface area contributed by atoms with Crippen LogP contribution in [0.15, 0.2) is 10.1 Å². The molecule has 0 saturated heterocycles. The summed E-state index contributed by atoms with van der Waals surface area (Å²) >= 11 is 36.4. The summed E-state index contributed by atoms with van der Waals surface area (Å²) in [5, 5.41) is -0.273. The molecule has 4 atom stereocenters. The van der Waals surface area contributed by atoms with Crippen LogP contribution in [0, 0.1) is 11.8 Å². The topological polar surface area (TPSA) is 72.2 Å². The maximum atomic E-state index is 12.5. The monoisotopic (exact) mass is 614 g/mol. The first kappa shape index (κ1) is 19.7. The third-order valence-electron chi connectivity index (χ3n) is 4.07. The molecule has 11 heteroatoms. The number of rotatable bonds is 4. The zero-order valence-electron chi connectivity index (χ0n) is 11.2. The van der Waals surface area contributed by atoms with Crippen LogP contribution in [0.5, 0.6) is 0 Å². The van der Waals surface area contributed by atoms with Gasteiger partial charge in [0.05, 0.1) is 0 Å². The summed E-state index contributed by atoms with van der Waals surface area (Å²) in [6.45, 7) is 1.96. The molecule has 2 rings (SSSR count). The first-order valence-corrected chi connectivity index (χ1v) is 15.3. The summed E-state index contributed by atoms with van der Waals surface area (Å²) in [5.41, 5.74) is 5.43. The van der Waals surface area contributed by atoms with Crippen LogP contribution in [0.1, 0.15) is 6.92 Å². The second-order valence-corrected chi connectivity index (χ2v) is 15.8. The standard InChI is InChI=1S/C9H6Cl6N2O2.C2H5.Hg/c10-3-4(11)8(13)2(6(17)19)1(5(16)18)7(3,12)9(8,14)15;1-2;/h1-2H,(H4,16,17,18,19);1H2,2H3;/q;;+1/p-1. The molecule has 0 aliphatic heterocycles. The number of amides is 2. The molecule has 2 bridgehead atoms. The van der Waals surface area contributed by atoms with Gasteiger partial charge in [-0.05, 0) is 0 Å². The summed E-state index contributed by atoms with van der Waals surface area (Å²) in [4.78, 5) is 20.8. The molecule has 22 heavy (non-hydrogen) atoms. The molecular formula is C11H10Cl6HgN2O2. The van der Waals surface area contributed by atoms with Crippen LogP contribution in [0.3, 0.4) is 0 Å². The molecule has 1 saturated carbocycles. The number of hydrogen-bond acceptors (Lipinski definition) is 2. The molecule has 0 aromatic heterocycles. The Balaban J connectivity index is 2.64. The molecule has 2 aliphatic carbocycles. The van der Waals surface area contributed by atoms with Crippen LogP contribution in [0.2, 0.25) is 3.93 Å². The second-order valence-electron chi connectivity index (χ2n) is 5.27. The van der Waals surface area contributed by atoms with Crippen molar-refractivity contribution in [3.05, 3.63) is 10.1 Å². The van der Waals surface area contributed by atoms with E-state index in [1.165, 1.54) is 0 Å². The van der Waals surface area contributed by atoms with E-state index >= 15 is 0 Å². The average Bonchev–Trinajstić information content (AvgIpc) is 2.64. The summed E-state index contributed by atoms with van der Waals surface area (Å²) in [6.07, 6.45) is 0. The Morgan fingerprint density at radius 1 is 1.14 bits per heavy atom. The van der Waals surface area contributed by atoms with Crippen LogP contribution < -0.4 is 8.81 Å². The van der Waals surface area contributed by atoms with Gasteiger partial charge in [-0.25, -0.2) is 0 Å². The predicted molar refractivity (Wildman–Crippen MR) is 85.1 cm³/mol. The van der Waals surface area contributed by atoms with Crippen molar-refractivity contribution in [2.75, 3.05) is 0 Å². The fourth-order valence-electron chi connectivity index (χ4n) is 3.03. The van der Waals surface area contributed by atoms with E-state index in [4.69, 9.17) is 75.3 Å². The van der Waals surface area contributed by atoms with E-state index in [1.807, 2.05) is 6.92 Å². The predicted octanol–water partition coefficient (Wildman–Crippen LogP) is 3.10. The Bertz CT molecular complexity index is 585. The molecule has 1 fully saturated rings. The second kappa shape index (κ2) is 6.26. The molecule has 0 aromatic carbocycles. The van der Waals surface area contributed by atoms with Gasteiger partial charge in [0.15, 0.2) is 0 Å². The van der Waals surface area contributed by atoms with Crippen molar-refractivity contribution < 1.29 is 34.5 Å². The molecule has 0 radical (unpaired) electrons. The fourth-order valence-corrected chi connectivity index (χ4v) is 8.77. The number of hydrogen-bond donors (Lipinski definition) is 2.